The molecular weight excluding hydrogens is 278 g/mol. The number of carbonyl (C=O) groups is 1. The van der Waals surface area contributed by atoms with Crippen LogP contribution < -0.4 is 10.6 Å². The van der Waals surface area contributed by atoms with Gasteiger partial charge < -0.3 is 15.5 Å². The molecule has 6 nitrogen and oxygen atoms in total. The lowest BCUT2D eigenvalue weighted by Crippen LogP contribution is -2.55. The Balaban J connectivity index is 1.95. The van der Waals surface area contributed by atoms with Gasteiger partial charge in [0.15, 0.2) is 0 Å². The summed E-state index contributed by atoms with van der Waals surface area (Å²) < 4.78 is 1.84. The summed E-state index contributed by atoms with van der Waals surface area (Å²) in [5, 5.41) is 10.8. The number of carbonyl (C=O) groups excluding carboxylic acids is 1. The molecule has 6 heteroatoms. The Bertz CT molecular complexity index is 439. The van der Waals surface area contributed by atoms with E-state index >= 15 is 0 Å². The number of likely N-dealkylation sites (N-methyl/N-ethyl adjacent to an activating group) is 1. The maximum Gasteiger partial charge on any atom is 0.248 e. The Hall–Kier alpha value is -1.40. The highest BCUT2D eigenvalue weighted by molar-refractivity contribution is 5.84. The standard InChI is InChI=1S/C16H29N5O/c1-3-12-20(4-2)14-11-18-15(22)16(6-9-17-10-7-16)21-13-5-8-19-21/h5,8,13,17H,3-4,6-7,9-12,14H2,1-2H3,(H,18,22). The van der Waals surface area contributed by atoms with E-state index in [0.717, 1.165) is 52.0 Å². The molecule has 124 valence electrons. The zero-order chi connectivity index (χ0) is 15.8. The van der Waals surface area contributed by atoms with Crippen LogP contribution >= 0.6 is 0 Å². The van der Waals surface area contributed by atoms with E-state index in [0.29, 0.717) is 6.54 Å². The van der Waals surface area contributed by atoms with E-state index in [9.17, 15) is 4.79 Å². The minimum absolute atomic E-state index is 0.102. The topological polar surface area (TPSA) is 62.2 Å². The van der Waals surface area contributed by atoms with Crippen LogP contribution in [-0.2, 0) is 10.3 Å². The molecule has 1 aliphatic rings. The van der Waals surface area contributed by atoms with Gasteiger partial charge in [-0.3, -0.25) is 9.48 Å². The van der Waals surface area contributed by atoms with Crippen molar-refractivity contribution in [3.63, 3.8) is 0 Å². The molecule has 1 aliphatic heterocycles. The highest BCUT2D eigenvalue weighted by atomic mass is 16.2. The fraction of sp³-hybridized carbons (Fsp3) is 0.750. The van der Waals surface area contributed by atoms with Crippen molar-refractivity contribution < 1.29 is 4.79 Å². The van der Waals surface area contributed by atoms with Crippen molar-refractivity contribution in [2.45, 2.75) is 38.6 Å². The van der Waals surface area contributed by atoms with Crippen molar-refractivity contribution in [1.29, 1.82) is 0 Å². The maximum atomic E-state index is 12.8. The monoisotopic (exact) mass is 307 g/mol. The van der Waals surface area contributed by atoms with Gasteiger partial charge in [0.05, 0.1) is 0 Å². The van der Waals surface area contributed by atoms with E-state index in [1.54, 1.807) is 6.20 Å². The molecule has 0 aromatic carbocycles. The summed E-state index contributed by atoms with van der Waals surface area (Å²) in [6, 6.07) is 1.89. The van der Waals surface area contributed by atoms with Gasteiger partial charge in [0.25, 0.3) is 0 Å². The van der Waals surface area contributed by atoms with Crippen molar-refractivity contribution in [2.75, 3.05) is 39.3 Å². The molecule has 1 amide bonds. The molecular formula is C16H29N5O. The maximum absolute atomic E-state index is 12.8. The van der Waals surface area contributed by atoms with Crippen LogP contribution in [0.2, 0.25) is 0 Å². The lowest BCUT2D eigenvalue weighted by atomic mass is 9.87. The fourth-order valence-corrected chi connectivity index (χ4v) is 3.16. The minimum atomic E-state index is -0.531. The van der Waals surface area contributed by atoms with E-state index in [1.165, 1.54) is 0 Å². The first kappa shape index (κ1) is 17.0. The molecule has 1 saturated heterocycles. The Morgan fingerprint density at radius 3 is 2.73 bits per heavy atom. The summed E-state index contributed by atoms with van der Waals surface area (Å²) in [5.41, 5.74) is -0.531. The molecule has 1 aromatic rings. The zero-order valence-electron chi connectivity index (χ0n) is 13.8. The summed E-state index contributed by atoms with van der Waals surface area (Å²) in [4.78, 5) is 15.2. The summed E-state index contributed by atoms with van der Waals surface area (Å²) >= 11 is 0. The third kappa shape index (κ3) is 3.87. The van der Waals surface area contributed by atoms with Gasteiger partial charge in [-0.05, 0) is 51.5 Å². The molecule has 0 saturated carbocycles. The van der Waals surface area contributed by atoms with Crippen LogP contribution in [0.1, 0.15) is 33.1 Å². The third-order valence-electron chi connectivity index (χ3n) is 4.50. The highest BCUT2D eigenvalue weighted by Gasteiger charge is 2.41. The number of nitrogens with one attached hydrogen (secondary N) is 2. The fourth-order valence-electron chi connectivity index (χ4n) is 3.16. The average molecular weight is 307 g/mol. The molecule has 1 fully saturated rings. The van der Waals surface area contributed by atoms with Crippen molar-refractivity contribution in [2.24, 2.45) is 0 Å². The molecule has 2 heterocycles. The highest BCUT2D eigenvalue weighted by Crippen LogP contribution is 2.26. The van der Waals surface area contributed by atoms with E-state index in [-0.39, 0.29) is 5.91 Å². The number of hydrogen-bond donors (Lipinski definition) is 2. The Kier molecular flexibility index (Phi) is 6.39. The van der Waals surface area contributed by atoms with Crippen LogP contribution in [0.4, 0.5) is 0 Å². The van der Waals surface area contributed by atoms with Gasteiger partial charge in [0.2, 0.25) is 5.91 Å². The van der Waals surface area contributed by atoms with E-state index in [1.807, 2.05) is 16.9 Å². The Labute approximate surface area is 133 Å². The predicted octanol–water partition coefficient (Wildman–Crippen LogP) is 0.810. The lowest BCUT2D eigenvalue weighted by molar-refractivity contribution is -0.132. The first-order valence-corrected chi connectivity index (χ1v) is 8.44. The quantitative estimate of drug-likeness (QED) is 0.746. The number of rotatable bonds is 8. The summed E-state index contributed by atoms with van der Waals surface area (Å²) in [6.45, 7) is 9.76. The molecule has 0 unspecified atom stereocenters. The van der Waals surface area contributed by atoms with Crippen LogP contribution in [0.5, 0.6) is 0 Å². The number of hydrogen-bond acceptors (Lipinski definition) is 4. The van der Waals surface area contributed by atoms with Crippen molar-refractivity contribution in [3.8, 4) is 0 Å². The third-order valence-corrected chi connectivity index (χ3v) is 4.50. The summed E-state index contributed by atoms with van der Waals surface area (Å²) in [5.74, 6) is 0.102. The van der Waals surface area contributed by atoms with Crippen LogP contribution in [-0.4, -0.2) is 59.9 Å². The molecule has 2 rings (SSSR count). The van der Waals surface area contributed by atoms with Gasteiger partial charge in [-0.25, -0.2) is 0 Å². The molecule has 2 N–H and O–H groups in total. The second-order valence-corrected chi connectivity index (χ2v) is 5.92. The predicted molar refractivity (Wildman–Crippen MR) is 87.7 cm³/mol. The second kappa shape index (κ2) is 8.29. The first-order chi connectivity index (χ1) is 10.7. The average Bonchev–Trinajstić information content (AvgIpc) is 3.09. The van der Waals surface area contributed by atoms with Crippen LogP contribution in [0.15, 0.2) is 18.5 Å². The summed E-state index contributed by atoms with van der Waals surface area (Å²) in [7, 11) is 0. The molecule has 0 bridgehead atoms. The van der Waals surface area contributed by atoms with E-state index < -0.39 is 5.54 Å². The molecule has 1 aromatic heterocycles. The molecule has 22 heavy (non-hydrogen) atoms. The lowest BCUT2D eigenvalue weighted by Gasteiger charge is -2.36. The van der Waals surface area contributed by atoms with Crippen LogP contribution in [0.3, 0.4) is 0 Å². The first-order valence-electron chi connectivity index (χ1n) is 8.44. The van der Waals surface area contributed by atoms with Crippen molar-refractivity contribution in [1.82, 2.24) is 25.3 Å². The van der Waals surface area contributed by atoms with E-state index in [2.05, 4.69) is 34.5 Å². The number of piperidine rings is 1. The molecule has 0 radical (unpaired) electrons. The normalized spacial score (nSPS) is 17.6. The van der Waals surface area contributed by atoms with Crippen LogP contribution in [0.25, 0.3) is 0 Å². The van der Waals surface area contributed by atoms with Gasteiger partial charge in [-0.1, -0.05) is 13.8 Å². The van der Waals surface area contributed by atoms with Crippen molar-refractivity contribution >= 4 is 5.91 Å². The largest absolute Gasteiger partial charge is 0.353 e. The van der Waals surface area contributed by atoms with Gasteiger partial charge in [-0.15, -0.1) is 0 Å². The van der Waals surface area contributed by atoms with Gasteiger partial charge >= 0.3 is 0 Å². The number of nitrogens with zero attached hydrogens (tertiary/aromatic N) is 3. The molecule has 0 atom stereocenters. The van der Waals surface area contributed by atoms with Gasteiger partial charge in [0, 0.05) is 25.5 Å². The minimum Gasteiger partial charge on any atom is -0.353 e. The summed E-state index contributed by atoms with van der Waals surface area (Å²) in [6.07, 6.45) is 6.36. The van der Waals surface area contributed by atoms with Crippen LogP contribution in [0, 0.1) is 0 Å². The smallest absolute Gasteiger partial charge is 0.248 e. The van der Waals surface area contributed by atoms with Crippen molar-refractivity contribution in [3.05, 3.63) is 18.5 Å². The SMILES string of the molecule is CCCN(CC)CCNC(=O)C1(n2cccn2)CCNCC1. The van der Waals surface area contributed by atoms with E-state index in [4.69, 9.17) is 0 Å². The number of aromatic nitrogens is 2. The second-order valence-electron chi connectivity index (χ2n) is 5.92. The molecule has 0 spiro atoms. The Morgan fingerprint density at radius 2 is 2.14 bits per heavy atom. The number of amides is 1. The Morgan fingerprint density at radius 1 is 1.36 bits per heavy atom. The zero-order valence-corrected chi connectivity index (χ0v) is 13.8. The van der Waals surface area contributed by atoms with Gasteiger partial charge in [-0.2, -0.15) is 5.10 Å². The van der Waals surface area contributed by atoms with Gasteiger partial charge in [0.1, 0.15) is 5.54 Å². The molecule has 0 aliphatic carbocycles.